The van der Waals surface area contributed by atoms with Crippen molar-refractivity contribution >= 4 is 5.97 Å². The summed E-state index contributed by atoms with van der Waals surface area (Å²) in [5.41, 5.74) is -1.23. The molecule has 0 amide bonds. The van der Waals surface area contributed by atoms with Gasteiger partial charge < -0.3 is 15.2 Å². The van der Waals surface area contributed by atoms with E-state index in [-0.39, 0.29) is 12.1 Å². The summed E-state index contributed by atoms with van der Waals surface area (Å²) in [6.07, 6.45) is -4.08. The largest absolute Gasteiger partial charge is 0.480 e. The average molecular weight is 291 g/mol. The second-order valence-corrected chi connectivity index (χ2v) is 4.16. The molecule has 0 radical (unpaired) electrons. The first-order chi connectivity index (χ1) is 9.38. The standard InChI is InChI=1S/C13H16F3NO3/c1-20-8-4-7-17-11(12(18)19)9-5-2-3-6-10(9)13(14,15)16/h2-3,5-6,11,17H,4,7-8H2,1H3,(H,18,19). The Kier molecular flexibility index (Phi) is 5.97. The number of hydrogen-bond acceptors (Lipinski definition) is 3. The summed E-state index contributed by atoms with van der Waals surface area (Å²) in [5, 5.41) is 11.7. The molecule has 20 heavy (non-hydrogen) atoms. The molecule has 0 aliphatic rings. The summed E-state index contributed by atoms with van der Waals surface area (Å²) >= 11 is 0. The number of alkyl halides is 3. The van der Waals surface area contributed by atoms with Gasteiger partial charge in [0.25, 0.3) is 0 Å². The fourth-order valence-electron chi connectivity index (χ4n) is 1.80. The molecule has 1 atom stereocenters. The minimum atomic E-state index is -4.58. The molecule has 0 aromatic heterocycles. The van der Waals surface area contributed by atoms with Crippen molar-refractivity contribution in [3.8, 4) is 0 Å². The van der Waals surface area contributed by atoms with Crippen LogP contribution in [0.3, 0.4) is 0 Å². The van der Waals surface area contributed by atoms with Crippen LogP contribution in [0.2, 0.25) is 0 Å². The third-order valence-corrected chi connectivity index (χ3v) is 2.70. The summed E-state index contributed by atoms with van der Waals surface area (Å²) in [6.45, 7) is 0.650. The summed E-state index contributed by atoms with van der Waals surface area (Å²) in [5.74, 6) is -1.35. The Bertz CT molecular complexity index is 449. The Hall–Kier alpha value is -1.60. The lowest BCUT2D eigenvalue weighted by Gasteiger charge is -2.19. The molecule has 4 nitrogen and oxygen atoms in total. The van der Waals surface area contributed by atoms with Crippen molar-refractivity contribution in [1.82, 2.24) is 5.32 Å². The molecule has 0 heterocycles. The lowest BCUT2D eigenvalue weighted by Crippen LogP contribution is -2.31. The molecule has 0 bridgehead atoms. The Morgan fingerprint density at radius 3 is 2.60 bits per heavy atom. The molecule has 1 rings (SSSR count). The second-order valence-electron chi connectivity index (χ2n) is 4.16. The van der Waals surface area contributed by atoms with Gasteiger partial charge in [0.2, 0.25) is 0 Å². The number of ether oxygens (including phenoxy) is 1. The van der Waals surface area contributed by atoms with Gasteiger partial charge in [-0.3, -0.25) is 4.79 Å². The predicted molar refractivity (Wildman–Crippen MR) is 66.3 cm³/mol. The topological polar surface area (TPSA) is 58.6 Å². The molecule has 1 aromatic carbocycles. The molecule has 1 aromatic rings. The Labute approximate surface area is 114 Å². The quantitative estimate of drug-likeness (QED) is 0.758. The highest BCUT2D eigenvalue weighted by atomic mass is 19.4. The summed E-state index contributed by atoms with van der Waals surface area (Å²) in [4.78, 5) is 11.2. The monoisotopic (exact) mass is 291 g/mol. The zero-order valence-electron chi connectivity index (χ0n) is 10.9. The molecule has 0 aliphatic carbocycles. The summed E-state index contributed by atoms with van der Waals surface area (Å²) in [6, 6.07) is 3.27. The van der Waals surface area contributed by atoms with Gasteiger partial charge in [0.1, 0.15) is 6.04 Å². The lowest BCUT2D eigenvalue weighted by molar-refractivity contribution is -0.142. The number of carboxylic acids is 1. The smallest absolute Gasteiger partial charge is 0.416 e. The molecule has 0 saturated carbocycles. The van der Waals surface area contributed by atoms with E-state index in [0.717, 1.165) is 6.07 Å². The first-order valence-electron chi connectivity index (χ1n) is 5.99. The zero-order valence-corrected chi connectivity index (χ0v) is 10.9. The first-order valence-corrected chi connectivity index (χ1v) is 5.99. The summed E-state index contributed by atoms with van der Waals surface area (Å²) in [7, 11) is 1.49. The Balaban J connectivity index is 2.95. The normalized spacial score (nSPS) is 13.2. The van der Waals surface area contributed by atoms with Crippen molar-refractivity contribution < 1.29 is 27.8 Å². The Morgan fingerprint density at radius 2 is 2.05 bits per heavy atom. The highest BCUT2D eigenvalue weighted by molar-refractivity contribution is 5.76. The van der Waals surface area contributed by atoms with E-state index in [4.69, 9.17) is 9.84 Å². The molecule has 0 spiro atoms. The highest BCUT2D eigenvalue weighted by Crippen LogP contribution is 2.34. The molecule has 2 N–H and O–H groups in total. The molecular formula is C13H16F3NO3. The Morgan fingerprint density at radius 1 is 1.40 bits per heavy atom. The maximum absolute atomic E-state index is 12.9. The van der Waals surface area contributed by atoms with E-state index in [0.29, 0.717) is 13.0 Å². The second kappa shape index (κ2) is 7.25. The van der Waals surface area contributed by atoms with Crippen LogP contribution in [-0.4, -0.2) is 31.3 Å². The molecule has 0 fully saturated rings. The van der Waals surface area contributed by atoms with Crippen LogP contribution in [0.1, 0.15) is 23.6 Å². The minimum absolute atomic E-state index is 0.247. The fraction of sp³-hybridized carbons (Fsp3) is 0.462. The maximum Gasteiger partial charge on any atom is 0.416 e. The first kappa shape index (κ1) is 16.5. The van der Waals surface area contributed by atoms with Gasteiger partial charge in [-0.1, -0.05) is 18.2 Å². The lowest BCUT2D eigenvalue weighted by atomic mass is 10.00. The number of hydrogen-bond donors (Lipinski definition) is 2. The number of aliphatic carboxylic acids is 1. The van der Waals surface area contributed by atoms with Gasteiger partial charge in [-0.05, 0) is 24.6 Å². The van der Waals surface area contributed by atoms with E-state index in [1.807, 2.05) is 0 Å². The molecular weight excluding hydrogens is 275 g/mol. The van der Waals surface area contributed by atoms with Crippen molar-refractivity contribution in [3.63, 3.8) is 0 Å². The van der Waals surface area contributed by atoms with Crippen molar-refractivity contribution in [1.29, 1.82) is 0 Å². The van der Waals surface area contributed by atoms with Gasteiger partial charge in [0.15, 0.2) is 0 Å². The van der Waals surface area contributed by atoms with Crippen molar-refractivity contribution in [2.24, 2.45) is 0 Å². The zero-order chi connectivity index (χ0) is 15.2. The van der Waals surface area contributed by atoms with Crippen molar-refractivity contribution in [2.45, 2.75) is 18.6 Å². The van der Waals surface area contributed by atoms with Crippen LogP contribution in [0.5, 0.6) is 0 Å². The molecule has 0 saturated heterocycles. The van der Waals surface area contributed by atoms with Crippen LogP contribution in [0.4, 0.5) is 13.2 Å². The predicted octanol–water partition coefficient (Wildman–Crippen LogP) is 2.46. The van der Waals surface area contributed by atoms with Gasteiger partial charge in [-0.2, -0.15) is 13.2 Å². The number of benzene rings is 1. The molecule has 1 unspecified atom stereocenters. The fourth-order valence-corrected chi connectivity index (χ4v) is 1.80. The number of rotatable bonds is 7. The van der Waals surface area contributed by atoms with Gasteiger partial charge in [0.05, 0.1) is 5.56 Å². The number of carboxylic acid groups (broad SMARTS) is 1. The van der Waals surface area contributed by atoms with E-state index in [2.05, 4.69) is 5.32 Å². The number of nitrogens with one attached hydrogen (secondary N) is 1. The van der Waals surface area contributed by atoms with Crippen LogP contribution in [-0.2, 0) is 15.7 Å². The van der Waals surface area contributed by atoms with E-state index < -0.39 is 23.8 Å². The van der Waals surface area contributed by atoms with Gasteiger partial charge >= 0.3 is 12.1 Å². The van der Waals surface area contributed by atoms with Crippen LogP contribution in [0.25, 0.3) is 0 Å². The molecule has 0 aliphatic heterocycles. The van der Waals surface area contributed by atoms with Crippen LogP contribution in [0.15, 0.2) is 24.3 Å². The average Bonchev–Trinajstić information content (AvgIpc) is 2.37. The molecule has 112 valence electrons. The third-order valence-electron chi connectivity index (χ3n) is 2.70. The van der Waals surface area contributed by atoms with Crippen molar-refractivity contribution in [2.75, 3.05) is 20.3 Å². The van der Waals surface area contributed by atoms with Crippen LogP contribution >= 0.6 is 0 Å². The van der Waals surface area contributed by atoms with Gasteiger partial charge in [-0.15, -0.1) is 0 Å². The third kappa shape index (κ3) is 4.50. The highest BCUT2D eigenvalue weighted by Gasteiger charge is 2.36. The number of methoxy groups -OCH3 is 1. The van der Waals surface area contributed by atoms with Crippen LogP contribution in [0, 0.1) is 0 Å². The minimum Gasteiger partial charge on any atom is -0.480 e. The van der Waals surface area contributed by atoms with E-state index in [9.17, 15) is 18.0 Å². The van der Waals surface area contributed by atoms with Crippen molar-refractivity contribution in [3.05, 3.63) is 35.4 Å². The summed E-state index contributed by atoms with van der Waals surface area (Å²) < 4.78 is 43.4. The van der Waals surface area contributed by atoms with Gasteiger partial charge in [-0.25, -0.2) is 0 Å². The van der Waals surface area contributed by atoms with E-state index >= 15 is 0 Å². The van der Waals surface area contributed by atoms with E-state index in [1.165, 1.54) is 25.3 Å². The van der Waals surface area contributed by atoms with Gasteiger partial charge in [0, 0.05) is 13.7 Å². The number of halogens is 3. The van der Waals surface area contributed by atoms with E-state index in [1.54, 1.807) is 0 Å². The maximum atomic E-state index is 12.9. The van der Waals surface area contributed by atoms with Crippen LogP contribution < -0.4 is 5.32 Å². The SMILES string of the molecule is COCCCNC(C(=O)O)c1ccccc1C(F)(F)F. The molecule has 7 heteroatoms. The number of carbonyl (C=O) groups is 1.